The number of nitrogen functional groups attached to an aromatic ring is 2. The summed E-state index contributed by atoms with van der Waals surface area (Å²) < 4.78 is 0. The molecule has 16 heteroatoms. The standard InChI is InChI=1S/C21H22N8O5S3/c1-9-24-12(22)6-13(25-9)35-5-3-4-10-7-36-19-15(18(31)29(19)16(10)20(32)33)27-17(30)14(28-34-2)11-8-37-21(23)26-11/h3-4,6,8,15,19H,5,7H2,1-2H3,(H2,23,26)(H,27,30)(H,32,33)(H2,22,24,25)/b4-3+,28-14+/t15?,19-/m1/s1. The van der Waals surface area contributed by atoms with Crippen molar-refractivity contribution in [3.8, 4) is 0 Å². The van der Waals surface area contributed by atoms with Gasteiger partial charge in [0.1, 0.15) is 46.6 Å². The highest BCUT2D eigenvalue weighted by molar-refractivity contribution is 8.00. The largest absolute Gasteiger partial charge is 0.477 e. The van der Waals surface area contributed by atoms with Crippen LogP contribution in [0.4, 0.5) is 10.9 Å². The molecular formula is C21H22N8O5S3. The zero-order chi connectivity index (χ0) is 26.7. The van der Waals surface area contributed by atoms with Crippen LogP contribution in [0.5, 0.6) is 0 Å². The van der Waals surface area contributed by atoms with Crippen molar-refractivity contribution in [1.82, 2.24) is 25.2 Å². The molecule has 2 aliphatic rings. The van der Waals surface area contributed by atoms with Gasteiger partial charge in [-0.15, -0.1) is 34.9 Å². The van der Waals surface area contributed by atoms with Crippen molar-refractivity contribution in [2.45, 2.75) is 23.4 Å². The number of carboxylic acid groups (broad SMARTS) is 1. The van der Waals surface area contributed by atoms with Gasteiger partial charge in [0.05, 0.1) is 0 Å². The zero-order valence-corrected chi connectivity index (χ0v) is 22.0. The molecule has 2 atom stereocenters. The number of allylic oxidation sites excluding steroid dienone is 1. The van der Waals surface area contributed by atoms with E-state index >= 15 is 0 Å². The third-order valence-electron chi connectivity index (χ3n) is 5.13. The lowest BCUT2D eigenvalue weighted by Crippen LogP contribution is -2.71. The molecule has 6 N–H and O–H groups in total. The van der Waals surface area contributed by atoms with Gasteiger partial charge in [0.2, 0.25) is 0 Å². The van der Waals surface area contributed by atoms with Crippen LogP contribution < -0.4 is 16.8 Å². The first kappa shape index (κ1) is 26.4. The fourth-order valence-electron chi connectivity index (χ4n) is 3.63. The number of carbonyl (C=O) groups is 3. The summed E-state index contributed by atoms with van der Waals surface area (Å²) in [7, 11) is 1.28. The maximum Gasteiger partial charge on any atom is 0.352 e. The lowest BCUT2D eigenvalue weighted by atomic mass is 10.0. The van der Waals surface area contributed by atoms with Gasteiger partial charge in [-0.05, 0) is 12.5 Å². The lowest BCUT2D eigenvalue weighted by molar-refractivity contribution is -0.150. The summed E-state index contributed by atoms with van der Waals surface area (Å²) in [6.07, 6.45) is 3.49. The summed E-state index contributed by atoms with van der Waals surface area (Å²) in [5, 5.41) is 18.1. The highest BCUT2D eigenvalue weighted by atomic mass is 32.2. The molecule has 0 aromatic carbocycles. The Labute approximate surface area is 223 Å². The molecule has 4 heterocycles. The number of carbonyl (C=O) groups excluding carboxylic acids is 2. The second-order valence-corrected chi connectivity index (χ2v) is 10.7. The number of aromatic nitrogens is 3. The maximum atomic E-state index is 12.9. The topological polar surface area (TPSA) is 199 Å². The van der Waals surface area contributed by atoms with E-state index in [4.69, 9.17) is 16.3 Å². The van der Waals surface area contributed by atoms with E-state index in [0.29, 0.717) is 33.7 Å². The van der Waals surface area contributed by atoms with Gasteiger partial charge in [0.25, 0.3) is 11.8 Å². The predicted octanol–water partition coefficient (Wildman–Crippen LogP) is 0.844. The average Bonchev–Trinajstić information content (AvgIpc) is 3.27. The van der Waals surface area contributed by atoms with E-state index in [9.17, 15) is 19.5 Å². The fourth-order valence-corrected chi connectivity index (χ4v) is 6.26. The molecule has 0 radical (unpaired) electrons. The van der Waals surface area contributed by atoms with E-state index in [1.165, 1.54) is 35.5 Å². The minimum atomic E-state index is -1.23. The van der Waals surface area contributed by atoms with Crippen molar-refractivity contribution in [2.24, 2.45) is 5.16 Å². The Bertz CT molecular complexity index is 1320. The Hall–Kier alpha value is -3.63. The number of aryl methyl sites for hydroxylation is 1. The SMILES string of the molecule is CO/N=C(/C(=O)NC1C(=O)N2C(C(=O)O)=C(/C=C/CSc3cc(N)nc(C)n3)CS[C@H]12)c1csc(N)n1. The predicted molar refractivity (Wildman–Crippen MR) is 141 cm³/mol. The number of oxime groups is 1. The highest BCUT2D eigenvalue weighted by Crippen LogP contribution is 2.40. The van der Waals surface area contributed by atoms with E-state index in [1.807, 2.05) is 0 Å². The van der Waals surface area contributed by atoms with E-state index < -0.39 is 29.2 Å². The molecule has 2 aromatic heterocycles. The number of carboxylic acids is 1. The van der Waals surface area contributed by atoms with Crippen LogP contribution in [0.25, 0.3) is 0 Å². The maximum absolute atomic E-state index is 12.9. The Kier molecular flexibility index (Phi) is 7.99. The molecule has 37 heavy (non-hydrogen) atoms. The van der Waals surface area contributed by atoms with Gasteiger partial charge < -0.3 is 26.7 Å². The number of β-lactam (4-membered cyclic amide) rings is 1. The molecule has 13 nitrogen and oxygen atoms in total. The lowest BCUT2D eigenvalue weighted by Gasteiger charge is -2.49. The van der Waals surface area contributed by atoms with Gasteiger partial charge in [0, 0.05) is 23.0 Å². The van der Waals surface area contributed by atoms with E-state index in [-0.39, 0.29) is 22.2 Å². The zero-order valence-electron chi connectivity index (χ0n) is 19.6. The van der Waals surface area contributed by atoms with Crippen molar-refractivity contribution in [3.63, 3.8) is 0 Å². The number of nitrogens with zero attached hydrogens (tertiary/aromatic N) is 5. The first-order valence-electron chi connectivity index (χ1n) is 10.6. The Balaban J connectivity index is 1.45. The molecule has 0 saturated carbocycles. The van der Waals surface area contributed by atoms with Crippen LogP contribution in [0.2, 0.25) is 0 Å². The van der Waals surface area contributed by atoms with E-state index in [1.54, 1.807) is 30.5 Å². The number of hydrogen-bond acceptors (Lipinski definition) is 13. The number of hydrogen-bond donors (Lipinski definition) is 4. The smallest absolute Gasteiger partial charge is 0.352 e. The minimum absolute atomic E-state index is 0.110. The number of thioether (sulfide) groups is 2. The van der Waals surface area contributed by atoms with E-state index in [0.717, 1.165) is 11.3 Å². The van der Waals surface area contributed by atoms with Gasteiger partial charge in [-0.25, -0.2) is 19.7 Å². The third-order valence-corrected chi connectivity index (χ3v) is 7.97. The van der Waals surface area contributed by atoms with Crippen molar-refractivity contribution in [2.75, 3.05) is 30.1 Å². The van der Waals surface area contributed by atoms with Crippen LogP contribution in [0, 0.1) is 6.92 Å². The van der Waals surface area contributed by atoms with Gasteiger partial charge in [-0.1, -0.05) is 17.3 Å². The molecule has 0 bridgehead atoms. The van der Waals surface area contributed by atoms with Crippen LogP contribution in [0.15, 0.2) is 45.1 Å². The summed E-state index contributed by atoms with van der Waals surface area (Å²) in [6, 6.07) is 0.728. The van der Waals surface area contributed by atoms with Crippen molar-refractivity contribution < 1.29 is 24.3 Å². The molecule has 2 aliphatic heterocycles. The highest BCUT2D eigenvalue weighted by Gasteiger charge is 2.54. The summed E-state index contributed by atoms with van der Waals surface area (Å²) in [6.45, 7) is 1.75. The second-order valence-electron chi connectivity index (χ2n) is 7.63. The summed E-state index contributed by atoms with van der Waals surface area (Å²) >= 11 is 3.89. The summed E-state index contributed by atoms with van der Waals surface area (Å²) in [5.41, 5.74) is 11.8. The molecule has 2 aromatic rings. The van der Waals surface area contributed by atoms with Gasteiger partial charge >= 0.3 is 5.97 Å². The van der Waals surface area contributed by atoms with Crippen LogP contribution in [-0.4, -0.2) is 78.5 Å². The third kappa shape index (κ3) is 5.70. The number of anilines is 2. The summed E-state index contributed by atoms with van der Waals surface area (Å²) in [4.78, 5) is 56.1. The molecule has 1 saturated heterocycles. The Morgan fingerprint density at radius 1 is 1.38 bits per heavy atom. The average molecular weight is 563 g/mol. The molecule has 194 valence electrons. The van der Waals surface area contributed by atoms with Crippen molar-refractivity contribution in [3.05, 3.63) is 46.4 Å². The van der Waals surface area contributed by atoms with Crippen LogP contribution in [0.1, 0.15) is 11.5 Å². The molecule has 4 rings (SSSR count). The van der Waals surface area contributed by atoms with Gasteiger partial charge in [0.15, 0.2) is 10.8 Å². The molecule has 2 amide bonds. The first-order chi connectivity index (χ1) is 17.7. The first-order valence-corrected chi connectivity index (χ1v) is 13.6. The minimum Gasteiger partial charge on any atom is -0.477 e. The molecule has 1 fully saturated rings. The Morgan fingerprint density at radius 2 is 2.16 bits per heavy atom. The quantitative estimate of drug-likeness (QED) is 0.111. The van der Waals surface area contributed by atoms with Gasteiger partial charge in [-0.2, -0.15) is 0 Å². The number of thiazole rings is 1. The van der Waals surface area contributed by atoms with Crippen molar-refractivity contribution >= 4 is 69.3 Å². The monoisotopic (exact) mass is 562 g/mol. The van der Waals surface area contributed by atoms with Crippen LogP contribution in [0.3, 0.4) is 0 Å². The molecule has 0 aliphatic carbocycles. The molecule has 0 spiro atoms. The Morgan fingerprint density at radius 3 is 2.81 bits per heavy atom. The number of fused-ring (bicyclic) bond motifs is 1. The summed E-state index contributed by atoms with van der Waals surface area (Å²) in [5.74, 6) is -0.667. The second kappa shape index (κ2) is 11.2. The van der Waals surface area contributed by atoms with Crippen LogP contribution in [-0.2, 0) is 19.2 Å². The number of nitrogens with one attached hydrogen (secondary N) is 1. The van der Waals surface area contributed by atoms with E-state index in [2.05, 4.69) is 25.4 Å². The van der Waals surface area contributed by atoms with Crippen LogP contribution >= 0.6 is 34.9 Å². The number of amides is 2. The number of rotatable bonds is 9. The number of nitrogens with two attached hydrogens (primary N) is 2. The van der Waals surface area contributed by atoms with Crippen molar-refractivity contribution in [1.29, 1.82) is 0 Å². The van der Waals surface area contributed by atoms with Gasteiger partial charge in [-0.3, -0.25) is 14.5 Å². The molecule has 1 unspecified atom stereocenters. The number of aliphatic carboxylic acids is 1. The molecular weight excluding hydrogens is 540 g/mol. The normalized spacial score (nSPS) is 19.6. The fraction of sp³-hybridized carbons (Fsp3) is 0.286.